The van der Waals surface area contributed by atoms with E-state index in [0.717, 1.165) is 25.8 Å². The summed E-state index contributed by atoms with van der Waals surface area (Å²) >= 11 is 0. The molecule has 1 atom stereocenters. The third-order valence-electron chi connectivity index (χ3n) is 5.30. The minimum absolute atomic E-state index is 0.523. The molecule has 1 aromatic carbocycles. The summed E-state index contributed by atoms with van der Waals surface area (Å²) < 4.78 is 0. The molecule has 1 unspecified atom stereocenters. The number of nitrogens with zero attached hydrogens (tertiary/aromatic N) is 1. The predicted octanol–water partition coefficient (Wildman–Crippen LogP) is 7.05. The Morgan fingerprint density at radius 2 is 1.67 bits per heavy atom. The molecule has 150 valence electrons. The summed E-state index contributed by atoms with van der Waals surface area (Å²) in [5.41, 5.74) is 8.25. The van der Waals surface area contributed by atoms with Crippen LogP contribution in [0.5, 0.6) is 0 Å². The molecule has 0 amide bonds. The van der Waals surface area contributed by atoms with Crippen LogP contribution in [0.15, 0.2) is 34.5 Å². The van der Waals surface area contributed by atoms with Crippen molar-refractivity contribution >= 4 is 11.4 Å². The van der Waals surface area contributed by atoms with Crippen molar-refractivity contribution in [1.29, 1.82) is 0 Å². The first kappa shape index (κ1) is 21.7. The van der Waals surface area contributed by atoms with Gasteiger partial charge in [0.1, 0.15) is 0 Å². The van der Waals surface area contributed by atoms with Crippen molar-refractivity contribution in [2.75, 3.05) is 11.9 Å². The van der Waals surface area contributed by atoms with E-state index in [-0.39, 0.29) is 0 Å². The number of hydrogen-bond donors (Lipinski definition) is 1. The first-order valence-electron chi connectivity index (χ1n) is 11.0. The molecule has 2 heteroatoms. The average Bonchev–Trinajstić information content (AvgIpc) is 2.83. The second-order valence-electron chi connectivity index (χ2n) is 9.15. The van der Waals surface area contributed by atoms with Gasteiger partial charge in [-0.25, -0.2) is 0 Å². The topological polar surface area (TPSA) is 24.4 Å². The van der Waals surface area contributed by atoms with Gasteiger partial charge in [0.15, 0.2) is 0 Å². The summed E-state index contributed by atoms with van der Waals surface area (Å²) in [5, 5.41) is 3.89. The molecule has 2 nitrogen and oxygen atoms in total. The molecule has 1 aliphatic carbocycles. The van der Waals surface area contributed by atoms with E-state index >= 15 is 0 Å². The van der Waals surface area contributed by atoms with E-state index in [1.807, 2.05) is 0 Å². The molecule has 0 spiro atoms. The molecular formula is C25H40N2. The maximum Gasteiger partial charge on any atom is 0.0613 e. The molecule has 0 aliphatic heterocycles. The van der Waals surface area contributed by atoms with E-state index in [4.69, 9.17) is 4.99 Å². The summed E-state index contributed by atoms with van der Waals surface area (Å²) in [7, 11) is 0. The van der Waals surface area contributed by atoms with E-state index in [9.17, 15) is 0 Å². The Morgan fingerprint density at radius 3 is 2.19 bits per heavy atom. The summed E-state index contributed by atoms with van der Waals surface area (Å²) in [6.07, 6.45) is 5.72. The Labute approximate surface area is 167 Å². The van der Waals surface area contributed by atoms with E-state index in [1.165, 1.54) is 46.6 Å². The first-order chi connectivity index (χ1) is 12.8. The maximum absolute atomic E-state index is 5.00. The minimum Gasteiger partial charge on any atom is -0.354 e. The summed E-state index contributed by atoms with van der Waals surface area (Å²) in [6.45, 7) is 17.0. The van der Waals surface area contributed by atoms with Crippen LogP contribution in [0, 0.1) is 17.8 Å². The van der Waals surface area contributed by atoms with Crippen molar-refractivity contribution in [2.24, 2.45) is 22.7 Å². The minimum atomic E-state index is 0.523. The van der Waals surface area contributed by atoms with Crippen molar-refractivity contribution < 1.29 is 0 Å². The number of allylic oxidation sites excluding steroid dienone is 2. The van der Waals surface area contributed by atoms with Gasteiger partial charge >= 0.3 is 0 Å². The van der Waals surface area contributed by atoms with E-state index in [1.54, 1.807) is 0 Å². The zero-order chi connectivity index (χ0) is 20.0. The van der Waals surface area contributed by atoms with Gasteiger partial charge < -0.3 is 5.32 Å². The Kier molecular flexibility index (Phi) is 8.13. The lowest BCUT2D eigenvalue weighted by Crippen LogP contribution is -2.17. The van der Waals surface area contributed by atoms with Crippen LogP contribution in [0.1, 0.15) is 78.9 Å². The zero-order valence-corrected chi connectivity index (χ0v) is 18.7. The van der Waals surface area contributed by atoms with E-state index in [2.05, 4.69) is 72.0 Å². The van der Waals surface area contributed by atoms with Crippen LogP contribution < -0.4 is 5.32 Å². The molecule has 0 saturated carbocycles. The zero-order valence-electron chi connectivity index (χ0n) is 18.7. The normalized spacial score (nSPS) is 19.0. The molecule has 0 bridgehead atoms. The van der Waals surface area contributed by atoms with Gasteiger partial charge in [-0.3, -0.25) is 4.99 Å². The highest BCUT2D eigenvalue weighted by Crippen LogP contribution is 2.34. The fraction of sp³-hybridized carbons (Fsp3) is 0.640. The molecule has 0 fully saturated rings. The van der Waals surface area contributed by atoms with Crippen LogP contribution in [0.4, 0.5) is 5.69 Å². The summed E-state index contributed by atoms with van der Waals surface area (Å²) in [6, 6.07) is 6.83. The lowest BCUT2D eigenvalue weighted by molar-refractivity contribution is 0.638. The smallest absolute Gasteiger partial charge is 0.0613 e. The van der Waals surface area contributed by atoms with Crippen LogP contribution in [-0.4, -0.2) is 12.3 Å². The Balaban J connectivity index is 2.40. The summed E-state index contributed by atoms with van der Waals surface area (Å²) in [4.78, 5) is 5.00. The van der Waals surface area contributed by atoms with Crippen molar-refractivity contribution in [3.8, 4) is 0 Å². The number of hydrogen-bond acceptors (Lipinski definition) is 2. The van der Waals surface area contributed by atoms with E-state index in [0.29, 0.717) is 17.8 Å². The van der Waals surface area contributed by atoms with Crippen molar-refractivity contribution in [1.82, 2.24) is 0 Å². The monoisotopic (exact) mass is 368 g/mol. The molecule has 1 N–H and O–H groups in total. The third kappa shape index (κ3) is 5.96. The Bertz CT molecular complexity index is 651. The van der Waals surface area contributed by atoms with Gasteiger partial charge in [-0.05, 0) is 61.1 Å². The largest absolute Gasteiger partial charge is 0.354 e. The SMILES string of the molecule is CCCC/N=C1/C(Nc2c(CC(C)C)cccc2CC(C)C)=C(C)CC1C. The van der Waals surface area contributed by atoms with Gasteiger partial charge in [0.2, 0.25) is 0 Å². The second kappa shape index (κ2) is 10.1. The lowest BCUT2D eigenvalue weighted by atomic mass is 9.94. The number of benzene rings is 1. The number of nitrogens with one attached hydrogen (secondary N) is 1. The van der Waals surface area contributed by atoms with Crippen LogP contribution in [0.2, 0.25) is 0 Å². The van der Waals surface area contributed by atoms with Crippen LogP contribution in [0.25, 0.3) is 0 Å². The standard InChI is InChI=1S/C25H40N2/c1-8-9-13-26-23-19(6)16-20(7)24(23)27-25-21(14-17(2)3)11-10-12-22(25)15-18(4)5/h10-12,17-19,27H,8-9,13-16H2,1-7H3/b26-23+. The molecular weight excluding hydrogens is 328 g/mol. The molecule has 2 rings (SSSR count). The predicted molar refractivity (Wildman–Crippen MR) is 121 cm³/mol. The average molecular weight is 369 g/mol. The maximum atomic E-state index is 5.00. The molecule has 0 saturated heterocycles. The number of unbranched alkanes of at least 4 members (excludes halogenated alkanes) is 1. The fourth-order valence-corrected chi connectivity index (χ4v) is 4.05. The van der Waals surface area contributed by atoms with Crippen molar-refractivity contribution in [3.63, 3.8) is 0 Å². The van der Waals surface area contributed by atoms with Crippen molar-refractivity contribution in [3.05, 3.63) is 40.6 Å². The van der Waals surface area contributed by atoms with Crippen molar-refractivity contribution in [2.45, 2.75) is 80.6 Å². The number of rotatable bonds is 9. The van der Waals surface area contributed by atoms with Crippen LogP contribution in [0.3, 0.4) is 0 Å². The molecule has 27 heavy (non-hydrogen) atoms. The second-order valence-corrected chi connectivity index (χ2v) is 9.15. The van der Waals surface area contributed by atoms with Gasteiger partial charge in [0, 0.05) is 18.2 Å². The molecule has 1 aliphatic rings. The van der Waals surface area contributed by atoms with Crippen LogP contribution >= 0.6 is 0 Å². The van der Waals surface area contributed by atoms with Gasteiger partial charge in [-0.1, -0.05) is 66.2 Å². The highest BCUT2D eigenvalue weighted by molar-refractivity contribution is 6.07. The molecule has 0 heterocycles. The molecule has 0 radical (unpaired) electrons. The highest BCUT2D eigenvalue weighted by Gasteiger charge is 2.26. The summed E-state index contributed by atoms with van der Waals surface area (Å²) in [5.74, 6) is 1.82. The first-order valence-corrected chi connectivity index (χ1v) is 11.0. The van der Waals surface area contributed by atoms with Gasteiger partial charge in [0.25, 0.3) is 0 Å². The molecule has 1 aromatic rings. The number of para-hydroxylation sites is 1. The Hall–Kier alpha value is -1.57. The number of aliphatic imine (C=N–C) groups is 1. The fourth-order valence-electron chi connectivity index (χ4n) is 4.05. The highest BCUT2D eigenvalue weighted by atomic mass is 14.9. The van der Waals surface area contributed by atoms with E-state index < -0.39 is 0 Å². The van der Waals surface area contributed by atoms with Crippen LogP contribution in [-0.2, 0) is 12.8 Å². The Morgan fingerprint density at radius 1 is 1.07 bits per heavy atom. The quantitative estimate of drug-likeness (QED) is 0.464. The lowest BCUT2D eigenvalue weighted by Gasteiger charge is -2.21. The van der Waals surface area contributed by atoms with Gasteiger partial charge in [0.05, 0.1) is 11.4 Å². The van der Waals surface area contributed by atoms with Gasteiger partial charge in [-0.15, -0.1) is 0 Å². The molecule has 0 aromatic heterocycles. The number of anilines is 1. The third-order valence-corrected chi connectivity index (χ3v) is 5.30. The van der Waals surface area contributed by atoms with Gasteiger partial charge in [-0.2, -0.15) is 0 Å².